The number of carbonyl (C=O) groups excluding carboxylic acids is 2. The third-order valence-corrected chi connectivity index (χ3v) is 5.05. The molecule has 0 spiro atoms. The molecule has 158 valence electrons. The van der Waals surface area contributed by atoms with Gasteiger partial charge < -0.3 is 19.5 Å². The fourth-order valence-electron chi connectivity index (χ4n) is 2.80. The van der Waals surface area contributed by atoms with Gasteiger partial charge in [0.2, 0.25) is 6.79 Å². The number of nitrogens with one attached hydrogen (secondary N) is 2. The molecule has 1 unspecified atom stereocenters. The van der Waals surface area contributed by atoms with E-state index in [-0.39, 0.29) is 18.6 Å². The molecule has 0 bridgehead atoms. The first-order valence-electron chi connectivity index (χ1n) is 9.26. The first-order valence-corrected chi connectivity index (χ1v) is 10.1. The van der Waals surface area contributed by atoms with Crippen LogP contribution in [0, 0.1) is 5.92 Å². The average molecular weight is 476 g/mol. The lowest BCUT2D eigenvalue weighted by Crippen LogP contribution is -2.48. The molecule has 0 fully saturated rings. The molecule has 1 aliphatic rings. The standard InChI is InChI=1S/C21H22BrN3O5/c1-12(2)19(24-20(26)14-5-7-17-18(9-14)30-11-29-17)21(27)25-23-10-13-4-6-16(28-3)15(22)8-13/h4-10,12,19H,11H2,1-3H3,(H,24,26)(H,25,27). The number of hydrazone groups is 1. The van der Waals surface area contributed by atoms with Crippen molar-refractivity contribution in [3.63, 3.8) is 0 Å². The summed E-state index contributed by atoms with van der Waals surface area (Å²) in [4.78, 5) is 25.2. The van der Waals surface area contributed by atoms with Crippen molar-refractivity contribution in [1.82, 2.24) is 10.7 Å². The van der Waals surface area contributed by atoms with Crippen LogP contribution in [0.2, 0.25) is 0 Å². The summed E-state index contributed by atoms with van der Waals surface area (Å²) in [7, 11) is 1.58. The maximum Gasteiger partial charge on any atom is 0.262 e. The molecule has 2 N–H and O–H groups in total. The number of halogens is 1. The van der Waals surface area contributed by atoms with Crippen LogP contribution in [0.5, 0.6) is 17.2 Å². The Kier molecular flexibility index (Phi) is 6.94. The van der Waals surface area contributed by atoms with E-state index < -0.39 is 11.9 Å². The lowest BCUT2D eigenvalue weighted by Gasteiger charge is -2.20. The number of carbonyl (C=O) groups is 2. The maximum absolute atomic E-state index is 12.6. The summed E-state index contributed by atoms with van der Waals surface area (Å²) in [6.07, 6.45) is 1.51. The largest absolute Gasteiger partial charge is 0.496 e. The second-order valence-electron chi connectivity index (χ2n) is 6.89. The molecule has 0 aliphatic carbocycles. The first-order chi connectivity index (χ1) is 14.4. The van der Waals surface area contributed by atoms with Crippen LogP contribution in [0.25, 0.3) is 0 Å². The van der Waals surface area contributed by atoms with Crippen LogP contribution in [0.3, 0.4) is 0 Å². The summed E-state index contributed by atoms with van der Waals surface area (Å²) < 4.78 is 16.5. The monoisotopic (exact) mass is 475 g/mol. The van der Waals surface area contributed by atoms with Crippen molar-refractivity contribution < 1.29 is 23.8 Å². The number of rotatable bonds is 7. The molecule has 2 aromatic carbocycles. The van der Waals surface area contributed by atoms with E-state index in [1.54, 1.807) is 37.4 Å². The van der Waals surface area contributed by atoms with Gasteiger partial charge in [0.1, 0.15) is 11.8 Å². The van der Waals surface area contributed by atoms with Gasteiger partial charge in [0, 0.05) is 5.56 Å². The van der Waals surface area contributed by atoms with Gasteiger partial charge in [0.25, 0.3) is 11.8 Å². The highest BCUT2D eigenvalue weighted by Gasteiger charge is 2.25. The van der Waals surface area contributed by atoms with E-state index in [1.807, 2.05) is 19.9 Å². The van der Waals surface area contributed by atoms with Crippen LogP contribution < -0.4 is 25.0 Å². The zero-order valence-corrected chi connectivity index (χ0v) is 18.4. The highest BCUT2D eigenvalue weighted by atomic mass is 79.9. The highest BCUT2D eigenvalue weighted by Crippen LogP contribution is 2.32. The molecular formula is C21H22BrN3O5. The van der Waals surface area contributed by atoms with Crippen LogP contribution in [0.4, 0.5) is 0 Å². The Labute approximate surface area is 182 Å². The first kappa shape index (κ1) is 21.6. The fourth-order valence-corrected chi connectivity index (χ4v) is 3.36. The van der Waals surface area contributed by atoms with Crippen molar-refractivity contribution >= 4 is 34.0 Å². The predicted molar refractivity (Wildman–Crippen MR) is 115 cm³/mol. The van der Waals surface area contributed by atoms with Gasteiger partial charge in [-0.1, -0.05) is 13.8 Å². The van der Waals surface area contributed by atoms with Gasteiger partial charge in [0.15, 0.2) is 11.5 Å². The number of benzene rings is 2. The van der Waals surface area contributed by atoms with E-state index in [0.29, 0.717) is 22.8 Å². The Morgan fingerprint density at radius 3 is 2.63 bits per heavy atom. The summed E-state index contributed by atoms with van der Waals surface area (Å²) in [5.74, 6) is 0.844. The minimum atomic E-state index is -0.761. The molecule has 0 radical (unpaired) electrons. The van der Waals surface area contributed by atoms with E-state index in [1.165, 1.54) is 6.21 Å². The van der Waals surface area contributed by atoms with Gasteiger partial charge in [-0.15, -0.1) is 0 Å². The molecule has 2 amide bonds. The summed E-state index contributed by atoms with van der Waals surface area (Å²) in [6.45, 7) is 3.81. The fraction of sp³-hybridized carbons (Fsp3) is 0.286. The van der Waals surface area contributed by atoms with E-state index in [2.05, 4.69) is 31.8 Å². The van der Waals surface area contributed by atoms with Gasteiger partial charge in [-0.25, -0.2) is 5.43 Å². The molecule has 1 heterocycles. The molecule has 0 aromatic heterocycles. The van der Waals surface area contributed by atoms with E-state index in [4.69, 9.17) is 14.2 Å². The molecule has 0 saturated carbocycles. The van der Waals surface area contributed by atoms with E-state index in [0.717, 1.165) is 10.0 Å². The Bertz CT molecular complexity index is 977. The number of hydrogen-bond acceptors (Lipinski definition) is 6. The van der Waals surface area contributed by atoms with Gasteiger partial charge in [0.05, 0.1) is 17.8 Å². The third-order valence-electron chi connectivity index (χ3n) is 4.43. The van der Waals surface area contributed by atoms with Crippen molar-refractivity contribution in [1.29, 1.82) is 0 Å². The third kappa shape index (κ3) is 5.10. The Morgan fingerprint density at radius 1 is 1.17 bits per heavy atom. The van der Waals surface area contributed by atoms with Gasteiger partial charge >= 0.3 is 0 Å². The number of hydrogen-bond donors (Lipinski definition) is 2. The van der Waals surface area contributed by atoms with E-state index >= 15 is 0 Å². The van der Waals surface area contributed by atoms with Crippen LogP contribution in [-0.4, -0.2) is 38.0 Å². The van der Waals surface area contributed by atoms with Crippen molar-refractivity contribution in [2.45, 2.75) is 19.9 Å². The molecule has 30 heavy (non-hydrogen) atoms. The second kappa shape index (κ2) is 9.62. The lowest BCUT2D eigenvalue weighted by atomic mass is 10.0. The smallest absolute Gasteiger partial charge is 0.262 e. The molecule has 1 aliphatic heterocycles. The normalized spacial score (nSPS) is 13.4. The summed E-state index contributed by atoms with van der Waals surface area (Å²) in [5, 5.41) is 6.75. The quantitative estimate of drug-likeness (QED) is 0.473. The molecule has 8 nitrogen and oxygen atoms in total. The second-order valence-corrected chi connectivity index (χ2v) is 7.75. The van der Waals surface area contributed by atoms with Crippen LogP contribution >= 0.6 is 15.9 Å². The number of nitrogens with zero attached hydrogens (tertiary/aromatic N) is 1. The highest BCUT2D eigenvalue weighted by molar-refractivity contribution is 9.10. The van der Waals surface area contributed by atoms with Crippen molar-refractivity contribution in [3.8, 4) is 17.2 Å². The Morgan fingerprint density at radius 2 is 1.93 bits per heavy atom. The topological polar surface area (TPSA) is 98.2 Å². The summed E-state index contributed by atoms with van der Waals surface area (Å²) >= 11 is 3.40. The molecule has 0 saturated heterocycles. The maximum atomic E-state index is 12.6. The van der Waals surface area contributed by atoms with Crippen molar-refractivity contribution in [3.05, 3.63) is 52.0 Å². The summed E-state index contributed by atoms with van der Waals surface area (Å²) in [6, 6.07) is 9.53. The zero-order chi connectivity index (χ0) is 21.7. The SMILES string of the molecule is COc1ccc(C=NNC(=O)C(NC(=O)c2ccc3c(c2)OCO3)C(C)C)cc1Br. The van der Waals surface area contributed by atoms with Crippen LogP contribution in [-0.2, 0) is 4.79 Å². The van der Waals surface area contributed by atoms with Crippen molar-refractivity contribution in [2.24, 2.45) is 11.0 Å². The predicted octanol–water partition coefficient (Wildman–Crippen LogP) is 3.09. The zero-order valence-electron chi connectivity index (χ0n) is 16.8. The van der Waals surface area contributed by atoms with Crippen molar-refractivity contribution in [2.75, 3.05) is 13.9 Å². The van der Waals surface area contributed by atoms with Crippen LogP contribution in [0.15, 0.2) is 46.0 Å². The van der Waals surface area contributed by atoms with Gasteiger partial charge in [-0.05, 0) is 63.8 Å². The molecular weight excluding hydrogens is 454 g/mol. The molecule has 3 rings (SSSR count). The minimum Gasteiger partial charge on any atom is -0.496 e. The van der Waals surface area contributed by atoms with E-state index in [9.17, 15) is 9.59 Å². The molecule has 9 heteroatoms. The number of ether oxygens (including phenoxy) is 3. The van der Waals surface area contributed by atoms with Gasteiger partial charge in [-0.3, -0.25) is 9.59 Å². The number of amides is 2. The minimum absolute atomic E-state index is 0.125. The van der Waals surface area contributed by atoms with Gasteiger partial charge in [-0.2, -0.15) is 5.10 Å². The molecule has 1 atom stereocenters. The Balaban J connectivity index is 1.63. The lowest BCUT2D eigenvalue weighted by molar-refractivity contribution is -0.123. The average Bonchev–Trinajstić information content (AvgIpc) is 3.19. The number of fused-ring (bicyclic) bond motifs is 1. The van der Waals surface area contributed by atoms with Crippen LogP contribution in [0.1, 0.15) is 29.8 Å². The Hall–Kier alpha value is -3.07. The molecule has 2 aromatic rings. The summed E-state index contributed by atoms with van der Waals surface area (Å²) in [5.41, 5.74) is 3.63. The number of methoxy groups -OCH3 is 1.